The van der Waals surface area contributed by atoms with Crippen LogP contribution in [0.25, 0.3) is 0 Å². The average Bonchev–Trinajstić information content (AvgIpc) is 2.79. The molecule has 0 unspecified atom stereocenters. The first kappa shape index (κ1) is 21.4. The fourth-order valence-corrected chi connectivity index (χ4v) is 3.42. The third kappa shape index (κ3) is 5.63. The molecule has 0 aliphatic heterocycles. The molecule has 3 aromatic rings. The number of methoxy groups -OCH3 is 1. The molecule has 0 atom stereocenters. The molecule has 1 N–H and O–H groups in total. The molecular formula is C26H29NO3. The maximum absolute atomic E-state index is 13.1. The predicted octanol–water partition coefficient (Wildman–Crippen LogP) is 4.97. The Morgan fingerprint density at radius 3 is 2.10 bits per heavy atom. The van der Waals surface area contributed by atoms with Gasteiger partial charge in [-0.2, -0.15) is 0 Å². The van der Waals surface area contributed by atoms with E-state index in [4.69, 9.17) is 9.47 Å². The lowest BCUT2D eigenvalue weighted by Gasteiger charge is -2.18. The van der Waals surface area contributed by atoms with Crippen molar-refractivity contribution in [3.8, 4) is 11.5 Å². The van der Waals surface area contributed by atoms with Crippen molar-refractivity contribution in [3.63, 3.8) is 0 Å². The number of carbonyl (C=O) groups excluding carboxylic acids is 1. The van der Waals surface area contributed by atoms with Gasteiger partial charge < -0.3 is 14.8 Å². The fourth-order valence-electron chi connectivity index (χ4n) is 3.42. The molecule has 0 saturated heterocycles. The highest BCUT2D eigenvalue weighted by atomic mass is 16.5. The lowest BCUT2D eigenvalue weighted by molar-refractivity contribution is -0.121. The van der Waals surface area contributed by atoms with Crippen molar-refractivity contribution < 1.29 is 14.3 Å². The van der Waals surface area contributed by atoms with E-state index in [0.717, 1.165) is 34.6 Å². The Balaban J connectivity index is 1.67. The van der Waals surface area contributed by atoms with Gasteiger partial charge in [0.25, 0.3) is 0 Å². The average molecular weight is 404 g/mol. The highest BCUT2D eigenvalue weighted by Crippen LogP contribution is 2.28. The van der Waals surface area contributed by atoms with Crippen LogP contribution in [-0.4, -0.2) is 26.2 Å². The molecule has 3 aromatic carbocycles. The molecule has 0 heterocycles. The van der Waals surface area contributed by atoms with Crippen LogP contribution >= 0.6 is 0 Å². The van der Waals surface area contributed by atoms with Crippen molar-refractivity contribution in [1.82, 2.24) is 5.32 Å². The zero-order valence-electron chi connectivity index (χ0n) is 17.6. The summed E-state index contributed by atoms with van der Waals surface area (Å²) in [6.45, 7) is 3.27. The molecule has 0 aliphatic carbocycles. The predicted molar refractivity (Wildman–Crippen MR) is 120 cm³/mol. The van der Waals surface area contributed by atoms with Crippen molar-refractivity contribution in [2.75, 3.05) is 20.3 Å². The third-order valence-electron chi connectivity index (χ3n) is 4.93. The van der Waals surface area contributed by atoms with Crippen LogP contribution in [0.15, 0.2) is 78.9 Å². The number of hydrogen-bond acceptors (Lipinski definition) is 3. The van der Waals surface area contributed by atoms with Gasteiger partial charge in [0, 0.05) is 6.54 Å². The SMILES string of the molecule is CCCOc1cc(CCNC(=O)C(c2ccccc2)c2ccccc2)ccc1OC. The van der Waals surface area contributed by atoms with Gasteiger partial charge >= 0.3 is 0 Å². The van der Waals surface area contributed by atoms with Crippen LogP contribution in [-0.2, 0) is 11.2 Å². The summed E-state index contributed by atoms with van der Waals surface area (Å²) in [5.74, 6) is 1.15. The van der Waals surface area contributed by atoms with Gasteiger partial charge in [-0.1, -0.05) is 73.7 Å². The summed E-state index contributed by atoms with van der Waals surface area (Å²) >= 11 is 0. The largest absolute Gasteiger partial charge is 0.493 e. The topological polar surface area (TPSA) is 47.6 Å². The van der Waals surface area contributed by atoms with Crippen LogP contribution in [0.3, 0.4) is 0 Å². The molecule has 0 aromatic heterocycles. The first-order valence-electron chi connectivity index (χ1n) is 10.4. The second-order valence-electron chi connectivity index (χ2n) is 7.13. The number of hydrogen-bond donors (Lipinski definition) is 1. The number of amides is 1. The van der Waals surface area contributed by atoms with Crippen LogP contribution < -0.4 is 14.8 Å². The molecule has 0 radical (unpaired) electrons. The van der Waals surface area contributed by atoms with E-state index < -0.39 is 0 Å². The van der Waals surface area contributed by atoms with Gasteiger partial charge in [0.15, 0.2) is 11.5 Å². The van der Waals surface area contributed by atoms with E-state index in [1.165, 1.54) is 0 Å². The van der Waals surface area contributed by atoms with Crippen LogP contribution in [0.4, 0.5) is 0 Å². The molecule has 0 spiro atoms. The lowest BCUT2D eigenvalue weighted by atomic mass is 9.90. The smallest absolute Gasteiger partial charge is 0.232 e. The zero-order chi connectivity index (χ0) is 21.2. The van der Waals surface area contributed by atoms with Gasteiger partial charge in [0.05, 0.1) is 19.6 Å². The summed E-state index contributed by atoms with van der Waals surface area (Å²) in [5.41, 5.74) is 3.07. The van der Waals surface area contributed by atoms with Gasteiger partial charge in [-0.15, -0.1) is 0 Å². The highest BCUT2D eigenvalue weighted by Gasteiger charge is 2.22. The monoisotopic (exact) mass is 403 g/mol. The van der Waals surface area contributed by atoms with E-state index in [9.17, 15) is 4.79 Å². The Hall–Kier alpha value is -3.27. The number of nitrogens with one attached hydrogen (secondary N) is 1. The summed E-state index contributed by atoms with van der Waals surface area (Å²) < 4.78 is 11.2. The maximum Gasteiger partial charge on any atom is 0.232 e. The molecule has 0 saturated carbocycles. The summed E-state index contributed by atoms with van der Waals surface area (Å²) in [4.78, 5) is 13.1. The lowest BCUT2D eigenvalue weighted by Crippen LogP contribution is -2.31. The van der Waals surface area contributed by atoms with E-state index in [0.29, 0.717) is 19.6 Å². The van der Waals surface area contributed by atoms with Gasteiger partial charge in [-0.3, -0.25) is 4.79 Å². The zero-order valence-corrected chi connectivity index (χ0v) is 17.6. The Morgan fingerprint density at radius 1 is 0.900 bits per heavy atom. The summed E-state index contributed by atoms with van der Waals surface area (Å²) in [5, 5.41) is 3.11. The molecule has 4 heteroatoms. The van der Waals surface area contributed by atoms with Crippen molar-refractivity contribution in [2.24, 2.45) is 0 Å². The Bertz CT molecular complexity index is 886. The van der Waals surface area contributed by atoms with E-state index >= 15 is 0 Å². The van der Waals surface area contributed by atoms with Crippen LogP contribution in [0, 0.1) is 0 Å². The summed E-state index contributed by atoms with van der Waals surface area (Å²) in [6, 6.07) is 25.7. The molecule has 0 fully saturated rings. The minimum absolute atomic E-state index is 0.00312. The number of ether oxygens (including phenoxy) is 2. The number of rotatable bonds is 10. The van der Waals surface area contributed by atoms with E-state index in [2.05, 4.69) is 12.2 Å². The molecular weight excluding hydrogens is 374 g/mol. The third-order valence-corrected chi connectivity index (χ3v) is 4.93. The first-order valence-corrected chi connectivity index (χ1v) is 10.4. The van der Waals surface area contributed by atoms with Crippen molar-refractivity contribution >= 4 is 5.91 Å². The Morgan fingerprint density at radius 2 is 1.53 bits per heavy atom. The van der Waals surface area contributed by atoms with Gasteiger partial charge in [0.2, 0.25) is 5.91 Å². The summed E-state index contributed by atoms with van der Waals surface area (Å²) in [6.07, 6.45) is 1.65. The normalized spacial score (nSPS) is 10.6. The van der Waals surface area contributed by atoms with E-state index in [1.807, 2.05) is 78.9 Å². The number of benzene rings is 3. The van der Waals surface area contributed by atoms with E-state index in [1.54, 1.807) is 7.11 Å². The van der Waals surface area contributed by atoms with Crippen molar-refractivity contribution in [2.45, 2.75) is 25.7 Å². The molecule has 4 nitrogen and oxygen atoms in total. The number of carbonyl (C=O) groups is 1. The molecule has 30 heavy (non-hydrogen) atoms. The Kier molecular flexibility index (Phi) is 7.90. The molecule has 156 valence electrons. The van der Waals surface area contributed by atoms with Gasteiger partial charge in [0.1, 0.15) is 0 Å². The van der Waals surface area contributed by atoms with E-state index in [-0.39, 0.29) is 11.8 Å². The fraction of sp³-hybridized carbons (Fsp3) is 0.269. The Labute approximate surface area is 178 Å². The second kappa shape index (κ2) is 11.1. The molecule has 0 bridgehead atoms. The quantitative estimate of drug-likeness (QED) is 0.520. The van der Waals surface area contributed by atoms with Crippen molar-refractivity contribution in [1.29, 1.82) is 0 Å². The summed E-state index contributed by atoms with van der Waals surface area (Å²) in [7, 11) is 1.64. The van der Waals surface area contributed by atoms with Gasteiger partial charge in [-0.05, 0) is 41.7 Å². The molecule has 0 aliphatic rings. The minimum atomic E-state index is -0.327. The molecule has 3 rings (SSSR count). The highest BCUT2D eigenvalue weighted by molar-refractivity contribution is 5.87. The van der Waals surface area contributed by atoms with Crippen molar-refractivity contribution in [3.05, 3.63) is 95.6 Å². The minimum Gasteiger partial charge on any atom is -0.493 e. The van der Waals surface area contributed by atoms with Crippen LogP contribution in [0.5, 0.6) is 11.5 Å². The maximum atomic E-state index is 13.1. The standard InChI is InChI=1S/C26H29NO3/c1-3-18-30-24-19-20(14-15-23(24)29-2)16-17-27-26(28)25(21-10-6-4-7-11-21)22-12-8-5-9-13-22/h4-15,19,25H,3,16-18H2,1-2H3,(H,27,28). The second-order valence-corrected chi connectivity index (χ2v) is 7.13. The van der Waals surface area contributed by atoms with Crippen LogP contribution in [0.1, 0.15) is 36.0 Å². The first-order chi connectivity index (χ1) is 14.7. The van der Waals surface area contributed by atoms with Crippen LogP contribution in [0.2, 0.25) is 0 Å². The van der Waals surface area contributed by atoms with Gasteiger partial charge in [-0.25, -0.2) is 0 Å². The molecule has 1 amide bonds.